The molecule has 1 aromatic heterocycles. The number of carbonyl (C=O) groups excluding carboxylic acids is 1. The van der Waals surface area contributed by atoms with Crippen molar-refractivity contribution in [3.05, 3.63) is 18.1 Å². The minimum atomic E-state index is -4.52. The van der Waals surface area contributed by atoms with Crippen molar-refractivity contribution in [1.82, 2.24) is 14.9 Å². The molecule has 1 atom stereocenters. The van der Waals surface area contributed by atoms with E-state index in [0.29, 0.717) is 51.7 Å². The van der Waals surface area contributed by atoms with Gasteiger partial charge in [0.15, 0.2) is 0 Å². The first kappa shape index (κ1) is 18.9. The van der Waals surface area contributed by atoms with Crippen LogP contribution in [0.3, 0.4) is 0 Å². The molecule has 2 fully saturated rings. The largest absolute Gasteiger partial charge is 0.433 e. The molecule has 3 rings (SSSR count). The molecule has 9 heteroatoms. The Hall–Kier alpha value is -1.90. The molecular formula is C17H23F3N4O2. The van der Waals surface area contributed by atoms with E-state index in [2.05, 4.69) is 9.97 Å². The van der Waals surface area contributed by atoms with E-state index in [1.807, 2.05) is 18.7 Å². The van der Waals surface area contributed by atoms with Crippen LogP contribution in [0.25, 0.3) is 0 Å². The van der Waals surface area contributed by atoms with Gasteiger partial charge in [-0.25, -0.2) is 9.97 Å². The Morgan fingerprint density at radius 2 is 2.08 bits per heavy atom. The van der Waals surface area contributed by atoms with Crippen LogP contribution in [0.5, 0.6) is 0 Å². The molecule has 26 heavy (non-hydrogen) atoms. The maximum Gasteiger partial charge on any atom is 0.433 e. The van der Waals surface area contributed by atoms with Gasteiger partial charge in [0.05, 0.1) is 13.2 Å². The van der Waals surface area contributed by atoms with Crippen LogP contribution in [-0.4, -0.2) is 60.2 Å². The third-order valence-corrected chi connectivity index (χ3v) is 4.70. The van der Waals surface area contributed by atoms with Crippen LogP contribution in [0.15, 0.2) is 12.4 Å². The second kappa shape index (κ2) is 7.02. The molecule has 3 heterocycles. The van der Waals surface area contributed by atoms with Crippen molar-refractivity contribution in [3.8, 4) is 0 Å². The number of hydrogen-bond acceptors (Lipinski definition) is 5. The summed E-state index contributed by atoms with van der Waals surface area (Å²) in [5, 5.41) is 0. The van der Waals surface area contributed by atoms with E-state index in [0.717, 1.165) is 12.4 Å². The molecule has 2 aliphatic rings. The first-order chi connectivity index (χ1) is 12.2. The molecule has 144 valence electrons. The average Bonchev–Trinajstić information content (AvgIpc) is 2.72. The van der Waals surface area contributed by atoms with Crippen LogP contribution in [-0.2, 0) is 15.7 Å². The Labute approximate surface area is 150 Å². The lowest BCUT2D eigenvalue weighted by atomic mass is 9.87. The molecule has 0 N–H and O–H groups in total. The standard InChI is InChI=1S/C17H23F3N4O2/c1-12(2)7-24-9-16(6-15(24)25)8-23(3-4-26-10-16)14-5-13(17(18,19)20)21-11-22-14/h5,11-12H,3-4,6-10H2,1-2H3/t16-/m1/s1. The number of ether oxygens (including phenoxy) is 1. The molecule has 6 nitrogen and oxygen atoms in total. The Balaban J connectivity index is 1.81. The van der Waals surface area contributed by atoms with Gasteiger partial charge in [0.25, 0.3) is 0 Å². The first-order valence-electron chi connectivity index (χ1n) is 8.68. The van der Waals surface area contributed by atoms with E-state index in [9.17, 15) is 18.0 Å². The lowest BCUT2D eigenvalue weighted by Crippen LogP contribution is -2.41. The first-order valence-corrected chi connectivity index (χ1v) is 8.68. The van der Waals surface area contributed by atoms with E-state index in [1.165, 1.54) is 0 Å². The molecular weight excluding hydrogens is 349 g/mol. The van der Waals surface area contributed by atoms with Gasteiger partial charge in [-0.2, -0.15) is 13.2 Å². The highest BCUT2D eigenvalue weighted by molar-refractivity contribution is 5.79. The zero-order valence-electron chi connectivity index (χ0n) is 14.9. The number of anilines is 1. The monoisotopic (exact) mass is 372 g/mol. The van der Waals surface area contributed by atoms with Gasteiger partial charge in [-0.3, -0.25) is 4.79 Å². The van der Waals surface area contributed by atoms with Crippen molar-refractivity contribution < 1.29 is 22.7 Å². The van der Waals surface area contributed by atoms with Crippen molar-refractivity contribution in [2.24, 2.45) is 11.3 Å². The summed E-state index contributed by atoms with van der Waals surface area (Å²) in [5.74, 6) is 0.642. The van der Waals surface area contributed by atoms with Crippen molar-refractivity contribution in [2.75, 3.05) is 44.3 Å². The Bertz CT molecular complexity index is 668. The lowest BCUT2D eigenvalue weighted by molar-refractivity contribution is -0.141. The Morgan fingerprint density at radius 1 is 1.31 bits per heavy atom. The number of aromatic nitrogens is 2. The minimum Gasteiger partial charge on any atom is -0.379 e. The van der Waals surface area contributed by atoms with E-state index < -0.39 is 17.3 Å². The molecule has 2 saturated heterocycles. The minimum absolute atomic E-state index is 0.0721. The van der Waals surface area contributed by atoms with Gasteiger partial charge in [0, 0.05) is 44.1 Å². The van der Waals surface area contributed by atoms with Gasteiger partial charge < -0.3 is 14.5 Å². The number of halogens is 3. The molecule has 0 saturated carbocycles. The number of likely N-dealkylation sites (tertiary alicyclic amines) is 1. The van der Waals surface area contributed by atoms with Crippen LogP contribution in [0, 0.1) is 11.3 Å². The van der Waals surface area contributed by atoms with Gasteiger partial charge >= 0.3 is 6.18 Å². The van der Waals surface area contributed by atoms with Crippen molar-refractivity contribution in [3.63, 3.8) is 0 Å². The van der Waals surface area contributed by atoms with E-state index in [4.69, 9.17) is 4.74 Å². The average molecular weight is 372 g/mol. The molecule has 1 aromatic rings. The Morgan fingerprint density at radius 3 is 2.77 bits per heavy atom. The second-order valence-electron chi connectivity index (χ2n) is 7.58. The van der Waals surface area contributed by atoms with Crippen LogP contribution in [0.2, 0.25) is 0 Å². The highest BCUT2D eigenvalue weighted by Gasteiger charge is 2.46. The Kier molecular flexibility index (Phi) is 5.09. The van der Waals surface area contributed by atoms with Gasteiger partial charge in [-0.05, 0) is 5.92 Å². The molecule has 1 amide bonds. The zero-order valence-corrected chi connectivity index (χ0v) is 14.9. The van der Waals surface area contributed by atoms with Crippen molar-refractivity contribution in [1.29, 1.82) is 0 Å². The molecule has 1 spiro atoms. The summed E-state index contributed by atoms with van der Waals surface area (Å²) in [6.45, 7) is 6.98. The molecule has 0 radical (unpaired) electrons. The number of carbonyl (C=O) groups is 1. The van der Waals surface area contributed by atoms with Crippen LogP contribution < -0.4 is 4.90 Å². The van der Waals surface area contributed by atoms with Gasteiger partial charge in [-0.1, -0.05) is 13.8 Å². The van der Waals surface area contributed by atoms with Crippen LogP contribution in [0.1, 0.15) is 26.0 Å². The van der Waals surface area contributed by atoms with E-state index in [-0.39, 0.29) is 11.7 Å². The molecule has 2 aliphatic heterocycles. The third kappa shape index (κ3) is 4.08. The summed E-state index contributed by atoms with van der Waals surface area (Å²) in [6, 6.07) is 0.960. The van der Waals surface area contributed by atoms with Crippen molar-refractivity contribution >= 4 is 11.7 Å². The van der Waals surface area contributed by atoms with E-state index in [1.54, 1.807) is 4.90 Å². The van der Waals surface area contributed by atoms with Crippen LogP contribution >= 0.6 is 0 Å². The predicted octanol–water partition coefficient (Wildman–Crippen LogP) is 2.21. The van der Waals surface area contributed by atoms with E-state index >= 15 is 0 Å². The summed E-state index contributed by atoms with van der Waals surface area (Å²) in [4.78, 5) is 23.3. The van der Waals surface area contributed by atoms with Gasteiger partial charge in [-0.15, -0.1) is 0 Å². The highest BCUT2D eigenvalue weighted by Crippen LogP contribution is 2.36. The zero-order chi connectivity index (χ0) is 18.9. The maximum absolute atomic E-state index is 12.9. The van der Waals surface area contributed by atoms with Gasteiger partial charge in [0.1, 0.15) is 17.8 Å². The summed E-state index contributed by atoms with van der Waals surface area (Å²) in [7, 11) is 0. The fourth-order valence-electron chi connectivity index (χ4n) is 3.65. The number of hydrogen-bond donors (Lipinski definition) is 0. The fraction of sp³-hybridized carbons (Fsp3) is 0.706. The SMILES string of the molecule is CC(C)CN1C[C@@]2(COCCN(c3cc(C(F)(F)F)ncn3)C2)CC1=O. The summed E-state index contributed by atoms with van der Waals surface area (Å²) >= 11 is 0. The summed E-state index contributed by atoms with van der Waals surface area (Å²) in [6.07, 6.45) is -3.25. The van der Waals surface area contributed by atoms with Crippen LogP contribution in [0.4, 0.5) is 19.0 Å². The normalized spacial score (nSPS) is 24.6. The number of alkyl halides is 3. The maximum atomic E-state index is 12.9. The summed E-state index contributed by atoms with van der Waals surface area (Å²) in [5.41, 5.74) is -1.39. The molecule has 0 bridgehead atoms. The predicted molar refractivity (Wildman–Crippen MR) is 88.5 cm³/mol. The topological polar surface area (TPSA) is 58.6 Å². The third-order valence-electron chi connectivity index (χ3n) is 4.70. The number of amides is 1. The summed E-state index contributed by atoms with van der Waals surface area (Å²) < 4.78 is 44.5. The molecule has 0 unspecified atom stereocenters. The van der Waals surface area contributed by atoms with Crippen molar-refractivity contribution in [2.45, 2.75) is 26.4 Å². The fourth-order valence-corrected chi connectivity index (χ4v) is 3.65. The van der Waals surface area contributed by atoms with Gasteiger partial charge in [0.2, 0.25) is 5.91 Å². The number of nitrogens with zero attached hydrogens (tertiary/aromatic N) is 4. The molecule has 0 aromatic carbocycles. The lowest BCUT2D eigenvalue weighted by Gasteiger charge is -2.32. The smallest absolute Gasteiger partial charge is 0.379 e. The highest BCUT2D eigenvalue weighted by atomic mass is 19.4. The quantitative estimate of drug-likeness (QED) is 0.814. The molecule has 0 aliphatic carbocycles. The second-order valence-corrected chi connectivity index (χ2v) is 7.58. The number of rotatable bonds is 3.